The number of carbonyl (C=O) groups is 1. The molecule has 0 aromatic carbocycles. The van der Waals surface area contributed by atoms with Gasteiger partial charge in [0.25, 0.3) is 5.91 Å². The van der Waals surface area contributed by atoms with Crippen LogP contribution in [0.2, 0.25) is 0 Å². The molecule has 1 aliphatic rings. The second kappa shape index (κ2) is 5.54. The van der Waals surface area contributed by atoms with Crippen molar-refractivity contribution in [3.63, 3.8) is 0 Å². The van der Waals surface area contributed by atoms with Crippen molar-refractivity contribution in [1.29, 1.82) is 0 Å². The molecule has 1 aliphatic heterocycles. The molecule has 0 unspecified atom stereocenters. The summed E-state index contributed by atoms with van der Waals surface area (Å²) in [5.41, 5.74) is 6.52. The zero-order chi connectivity index (χ0) is 13.8. The Balaban J connectivity index is 1.72. The van der Waals surface area contributed by atoms with Crippen LogP contribution in [0.3, 0.4) is 0 Å². The highest BCUT2D eigenvalue weighted by Crippen LogP contribution is 2.24. The smallest absolute Gasteiger partial charge is 0.283 e. The quantitative estimate of drug-likeness (QED) is 0.898. The standard InChI is InChI=1S/C13H11N5OS/c19-12(17-18-8-2-1-5-16-18)11-9-15-13(20-11)10-3-6-14-7-4-10/h1-9,16H,(H,17,19). The first-order valence-electron chi connectivity index (χ1n) is 5.89. The lowest BCUT2D eigenvalue weighted by molar-refractivity contribution is 0.0817. The lowest BCUT2D eigenvalue weighted by Gasteiger charge is -2.21. The number of carbonyl (C=O) groups excluding carboxylic acids is 1. The number of allylic oxidation sites excluding steroid dienone is 2. The Hall–Kier alpha value is -2.67. The number of pyridine rings is 1. The van der Waals surface area contributed by atoms with E-state index in [1.54, 1.807) is 31.0 Å². The van der Waals surface area contributed by atoms with Gasteiger partial charge in [0, 0.05) is 30.4 Å². The van der Waals surface area contributed by atoms with Gasteiger partial charge in [0.2, 0.25) is 0 Å². The van der Waals surface area contributed by atoms with Gasteiger partial charge in [-0.1, -0.05) is 0 Å². The summed E-state index contributed by atoms with van der Waals surface area (Å²) < 4.78 is 0. The molecule has 3 heterocycles. The molecule has 1 amide bonds. The summed E-state index contributed by atoms with van der Waals surface area (Å²) in [6.45, 7) is 0. The maximum atomic E-state index is 12.1. The fourth-order valence-electron chi connectivity index (χ4n) is 1.60. The molecule has 0 fully saturated rings. The number of nitrogens with zero attached hydrogens (tertiary/aromatic N) is 3. The van der Waals surface area contributed by atoms with E-state index < -0.39 is 0 Å². The van der Waals surface area contributed by atoms with Gasteiger partial charge in [-0.3, -0.25) is 15.2 Å². The lowest BCUT2D eigenvalue weighted by Crippen LogP contribution is -2.45. The Labute approximate surface area is 119 Å². The Kier molecular flexibility index (Phi) is 3.42. The Morgan fingerprint density at radius 1 is 1.30 bits per heavy atom. The van der Waals surface area contributed by atoms with E-state index in [0.29, 0.717) is 4.88 Å². The average molecular weight is 285 g/mol. The lowest BCUT2D eigenvalue weighted by atomic mass is 10.3. The first-order chi connectivity index (χ1) is 9.83. The highest BCUT2D eigenvalue weighted by Gasteiger charge is 2.13. The topological polar surface area (TPSA) is 70.2 Å². The van der Waals surface area contributed by atoms with Crippen molar-refractivity contribution >= 4 is 17.2 Å². The Bertz CT molecular complexity index is 664. The van der Waals surface area contributed by atoms with Crippen LogP contribution in [0.1, 0.15) is 9.67 Å². The minimum atomic E-state index is -0.213. The normalized spacial score (nSPS) is 13.1. The van der Waals surface area contributed by atoms with Gasteiger partial charge in [0.05, 0.1) is 6.20 Å². The van der Waals surface area contributed by atoms with E-state index in [0.717, 1.165) is 10.6 Å². The van der Waals surface area contributed by atoms with Crippen LogP contribution >= 0.6 is 11.3 Å². The third-order valence-corrected chi connectivity index (χ3v) is 3.58. The number of amides is 1. The van der Waals surface area contributed by atoms with E-state index in [9.17, 15) is 4.79 Å². The average Bonchev–Trinajstić information content (AvgIpc) is 2.99. The predicted molar refractivity (Wildman–Crippen MR) is 76.1 cm³/mol. The van der Waals surface area contributed by atoms with E-state index in [1.165, 1.54) is 16.5 Å². The third kappa shape index (κ3) is 2.67. The molecule has 0 saturated carbocycles. The van der Waals surface area contributed by atoms with E-state index in [2.05, 4.69) is 20.8 Å². The molecular weight excluding hydrogens is 274 g/mol. The fraction of sp³-hybridized carbons (Fsp3) is 0. The molecule has 0 spiro atoms. The molecule has 7 heteroatoms. The number of thiazole rings is 1. The molecule has 0 aliphatic carbocycles. The van der Waals surface area contributed by atoms with Crippen molar-refractivity contribution < 1.29 is 4.79 Å². The molecule has 2 aromatic rings. The van der Waals surface area contributed by atoms with Crippen LogP contribution in [0.5, 0.6) is 0 Å². The van der Waals surface area contributed by atoms with Gasteiger partial charge in [-0.2, -0.15) is 0 Å². The van der Waals surface area contributed by atoms with Crippen molar-refractivity contribution in [3.8, 4) is 10.6 Å². The maximum absolute atomic E-state index is 12.1. The molecular formula is C13H11N5OS. The van der Waals surface area contributed by atoms with Gasteiger partial charge in [-0.25, -0.2) is 15.5 Å². The number of hydrogen-bond donors (Lipinski definition) is 2. The fourth-order valence-corrected chi connectivity index (χ4v) is 2.41. The van der Waals surface area contributed by atoms with Gasteiger partial charge >= 0.3 is 0 Å². The molecule has 2 N–H and O–H groups in total. The van der Waals surface area contributed by atoms with Crippen LogP contribution in [-0.2, 0) is 0 Å². The molecule has 6 nitrogen and oxygen atoms in total. The summed E-state index contributed by atoms with van der Waals surface area (Å²) in [5, 5.41) is 2.27. The van der Waals surface area contributed by atoms with E-state index in [1.807, 2.05) is 24.3 Å². The van der Waals surface area contributed by atoms with Gasteiger partial charge in [0.1, 0.15) is 9.88 Å². The molecule has 3 rings (SSSR count). The van der Waals surface area contributed by atoms with Crippen LogP contribution in [0.25, 0.3) is 10.6 Å². The zero-order valence-electron chi connectivity index (χ0n) is 10.4. The van der Waals surface area contributed by atoms with Crippen LogP contribution < -0.4 is 10.9 Å². The van der Waals surface area contributed by atoms with Crippen LogP contribution in [0.4, 0.5) is 0 Å². The number of hydrogen-bond acceptors (Lipinski definition) is 6. The molecule has 2 aromatic heterocycles. The molecule has 0 radical (unpaired) electrons. The van der Waals surface area contributed by atoms with Crippen molar-refractivity contribution in [2.24, 2.45) is 0 Å². The minimum Gasteiger partial charge on any atom is -0.287 e. The largest absolute Gasteiger partial charge is 0.287 e. The molecule has 20 heavy (non-hydrogen) atoms. The second-order valence-electron chi connectivity index (χ2n) is 3.91. The highest BCUT2D eigenvalue weighted by atomic mass is 32.1. The summed E-state index contributed by atoms with van der Waals surface area (Å²) in [4.78, 5) is 20.8. The van der Waals surface area contributed by atoms with Crippen LogP contribution in [-0.4, -0.2) is 21.0 Å². The van der Waals surface area contributed by atoms with Gasteiger partial charge in [-0.05, 0) is 24.3 Å². The first-order valence-corrected chi connectivity index (χ1v) is 6.70. The van der Waals surface area contributed by atoms with Crippen molar-refractivity contribution in [2.45, 2.75) is 0 Å². The summed E-state index contributed by atoms with van der Waals surface area (Å²) in [6.07, 6.45) is 12.0. The maximum Gasteiger partial charge on any atom is 0.283 e. The number of rotatable bonds is 3. The van der Waals surface area contributed by atoms with E-state index in [4.69, 9.17) is 0 Å². The number of hydrazine groups is 2. The van der Waals surface area contributed by atoms with E-state index in [-0.39, 0.29) is 5.91 Å². The zero-order valence-corrected chi connectivity index (χ0v) is 11.2. The summed E-state index contributed by atoms with van der Waals surface area (Å²) >= 11 is 1.34. The SMILES string of the molecule is O=C(NN1C=CC=CN1)c1cnc(-c2ccncc2)s1. The summed E-state index contributed by atoms with van der Waals surface area (Å²) in [5.74, 6) is -0.213. The predicted octanol–water partition coefficient (Wildman–Crippen LogP) is 1.70. The molecule has 0 atom stereocenters. The third-order valence-electron chi connectivity index (χ3n) is 2.53. The first kappa shape index (κ1) is 12.4. The number of nitrogens with one attached hydrogen (secondary N) is 2. The van der Waals surface area contributed by atoms with Crippen molar-refractivity contribution in [1.82, 2.24) is 25.9 Å². The van der Waals surface area contributed by atoms with E-state index >= 15 is 0 Å². The van der Waals surface area contributed by atoms with Gasteiger partial charge in [-0.15, -0.1) is 11.3 Å². The second-order valence-corrected chi connectivity index (χ2v) is 4.94. The van der Waals surface area contributed by atoms with Gasteiger partial charge in [0.15, 0.2) is 0 Å². The highest BCUT2D eigenvalue weighted by molar-refractivity contribution is 7.16. The molecule has 0 bridgehead atoms. The van der Waals surface area contributed by atoms with Crippen LogP contribution in [0.15, 0.2) is 55.3 Å². The Morgan fingerprint density at radius 3 is 2.90 bits per heavy atom. The summed E-state index contributed by atoms with van der Waals surface area (Å²) in [7, 11) is 0. The Morgan fingerprint density at radius 2 is 2.15 bits per heavy atom. The van der Waals surface area contributed by atoms with Crippen molar-refractivity contribution in [3.05, 3.63) is 60.2 Å². The molecule has 0 saturated heterocycles. The van der Waals surface area contributed by atoms with Crippen LogP contribution in [0, 0.1) is 0 Å². The minimum absolute atomic E-state index is 0.213. The molecule has 100 valence electrons. The van der Waals surface area contributed by atoms with Gasteiger partial charge < -0.3 is 0 Å². The number of aromatic nitrogens is 2. The van der Waals surface area contributed by atoms with Crippen molar-refractivity contribution in [2.75, 3.05) is 0 Å². The monoisotopic (exact) mass is 285 g/mol. The summed E-state index contributed by atoms with van der Waals surface area (Å²) in [6, 6.07) is 3.72.